The molecule has 1 N–H and O–H groups in total. The van der Waals surface area contributed by atoms with E-state index in [1.807, 2.05) is 0 Å². The third kappa shape index (κ3) is 2.06. The van der Waals surface area contributed by atoms with Gasteiger partial charge in [0, 0.05) is 6.42 Å². The summed E-state index contributed by atoms with van der Waals surface area (Å²) in [5, 5.41) is 9.87. The van der Waals surface area contributed by atoms with E-state index < -0.39 is 24.3 Å². The average Bonchev–Trinajstić information content (AvgIpc) is 2.58. The molecule has 2 heterocycles. The molecular formula is C10H16O5. The Morgan fingerprint density at radius 1 is 1.40 bits per heavy atom. The third-order valence-electron chi connectivity index (χ3n) is 2.68. The van der Waals surface area contributed by atoms with Crippen LogP contribution in [0.25, 0.3) is 0 Å². The Morgan fingerprint density at radius 3 is 2.73 bits per heavy atom. The van der Waals surface area contributed by atoms with E-state index in [-0.39, 0.29) is 6.10 Å². The molecule has 0 spiro atoms. The van der Waals surface area contributed by atoms with Gasteiger partial charge in [-0.25, -0.2) is 0 Å². The smallest absolute Gasteiger partial charge is 0.190 e. The lowest BCUT2D eigenvalue weighted by atomic mass is 10.1. The van der Waals surface area contributed by atoms with Crippen molar-refractivity contribution in [2.45, 2.75) is 57.1 Å². The van der Waals surface area contributed by atoms with E-state index in [0.717, 1.165) is 6.29 Å². The molecule has 0 saturated carbocycles. The molecule has 0 aromatic rings. The van der Waals surface area contributed by atoms with Gasteiger partial charge in [0.25, 0.3) is 0 Å². The number of carbonyl (C=O) groups is 1. The lowest BCUT2D eigenvalue weighted by molar-refractivity contribution is -0.215. The molecule has 0 aromatic heterocycles. The molecule has 5 nitrogen and oxygen atoms in total. The quantitative estimate of drug-likeness (QED) is 0.683. The first kappa shape index (κ1) is 11.0. The maximum absolute atomic E-state index is 10.2. The first-order valence-electron chi connectivity index (χ1n) is 5.16. The summed E-state index contributed by atoms with van der Waals surface area (Å²) in [6.45, 7) is 3.56. The van der Waals surface area contributed by atoms with Gasteiger partial charge in [-0.2, -0.15) is 0 Å². The van der Waals surface area contributed by atoms with Gasteiger partial charge in [0.2, 0.25) is 0 Å². The van der Waals surface area contributed by atoms with Gasteiger partial charge < -0.3 is 24.1 Å². The molecule has 2 rings (SSSR count). The van der Waals surface area contributed by atoms with Gasteiger partial charge in [-0.3, -0.25) is 0 Å². The standard InChI is InChI=1S/C10H16O5/c1-10(2)14-8-7(12)6(4-3-5-11)13-9(8)15-10/h5-9,12H,3-4H2,1-2H3/t6-,7+,8-,9-/m1/s1. The van der Waals surface area contributed by atoms with Crippen molar-refractivity contribution in [3.8, 4) is 0 Å². The van der Waals surface area contributed by atoms with Gasteiger partial charge in [0.05, 0.1) is 6.10 Å². The first-order valence-corrected chi connectivity index (χ1v) is 5.16. The Kier molecular flexibility index (Phi) is 2.81. The monoisotopic (exact) mass is 216 g/mol. The molecule has 0 aromatic carbocycles. The van der Waals surface area contributed by atoms with Gasteiger partial charge in [-0.05, 0) is 20.3 Å². The molecule has 5 heteroatoms. The maximum Gasteiger partial charge on any atom is 0.190 e. The van der Waals surface area contributed by atoms with Gasteiger partial charge in [-0.15, -0.1) is 0 Å². The predicted molar refractivity (Wildman–Crippen MR) is 50.0 cm³/mol. The molecule has 2 fully saturated rings. The van der Waals surface area contributed by atoms with Gasteiger partial charge >= 0.3 is 0 Å². The fourth-order valence-electron chi connectivity index (χ4n) is 2.03. The average molecular weight is 216 g/mol. The normalized spacial score (nSPS) is 42.9. The van der Waals surface area contributed by atoms with Crippen molar-refractivity contribution in [2.75, 3.05) is 0 Å². The summed E-state index contributed by atoms with van der Waals surface area (Å²) in [6, 6.07) is 0. The number of carbonyl (C=O) groups excluding carboxylic acids is 1. The van der Waals surface area contributed by atoms with Crippen LogP contribution in [-0.2, 0) is 19.0 Å². The summed E-state index contributed by atoms with van der Waals surface area (Å²) < 4.78 is 16.4. The van der Waals surface area contributed by atoms with Crippen LogP contribution >= 0.6 is 0 Å². The molecule has 2 aliphatic heterocycles. The third-order valence-corrected chi connectivity index (χ3v) is 2.68. The van der Waals surface area contributed by atoms with Crippen LogP contribution in [0.5, 0.6) is 0 Å². The molecule has 0 aliphatic carbocycles. The van der Waals surface area contributed by atoms with E-state index in [4.69, 9.17) is 14.2 Å². The largest absolute Gasteiger partial charge is 0.387 e. The number of aliphatic hydroxyl groups is 1. The minimum absolute atomic E-state index is 0.360. The van der Waals surface area contributed by atoms with Crippen LogP contribution in [0.4, 0.5) is 0 Å². The van der Waals surface area contributed by atoms with Crippen LogP contribution < -0.4 is 0 Å². The minimum Gasteiger partial charge on any atom is -0.387 e. The highest BCUT2D eigenvalue weighted by Crippen LogP contribution is 2.38. The number of ether oxygens (including phenoxy) is 3. The van der Waals surface area contributed by atoms with E-state index in [1.54, 1.807) is 13.8 Å². The predicted octanol–water partition coefficient (Wildman–Crippen LogP) is 0.203. The van der Waals surface area contributed by atoms with E-state index >= 15 is 0 Å². The maximum atomic E-state index is 10.2. The summed E-state index contributed by atoms with van der Waals surface area (Å²) in [7, 11) is 0. The fourth-order valence-corrected chi connectivity index (χ4v) is 2.03. The topological polar surface area (TPSA) is 65.0 Å². The zero-order chi connectivity index (χ0) is 11.1. The van der Waals surface area contributed by atoms with Crippen molar-refractivity contribution < 1.29 is 24.1 Å². The molecule has 4 atom stereocenters. The summed E-state index contributed by atoms with van der Waals surface area (Å²) >= 11 is 0. The molecular weight excluding hydrogens is 200 g/mol. The van der Waals surface area contributed by atoms with Crippen LogP contribution in [0.15, 0.2) is 0 Å². The molecule has 86 valence electrons. The Labute approximate surface area is 88.3 Å². The summed E-state index contributed by atoms with van der Waals surface area (Å²) in [5.41, 5.74) is 0. The molecule has 15 heavy (non-hydrogen) atoms. The summed E-state index contributed by atoms with van der Waals surface area (Å²) in [5.74, 6) is -0.702. The number of hydrogen-bond donors (Lipinski definition) is 1. The summed E-state index contributed by atoms with van der Waals surface area (Å²) in [6.07, 6.45) is -0.313. The van der Waals surface area contributed by atoms with Crippen LogP contribution in [0.2, 0.25) is 0 Å². The van der Waals surface area contributed by atoms with Crippen LogP contribution in [0.1, 0.15) is 26.7 Å². The van der Waals surface area contributed by atoms with Crippen molar-refractivity contribution in [1.82, 2.24) is 0 Å². The number of aldehydes is 1. The first-order chi connectivity index (χ1) is 7.03. The van der Waals surface area contributed by atoms with Crippen molar-refractivity contribution in [3.63, 3.8) is 0 Å². The highest BCUT2D eigenvalue weighted by atomic mass is 16.8. The van der Waals surface area contributed by atoms with E-state index in [9.17, 15) is 9.90 Å². The zero-order valence-electron chi connectivity index (χ0n) is 8.88. The Bertz CT molecular complexity index is 252. The van der Waals surface area contributed by atoms with Crippen molar-refractivity contribution in [3.05, 3.63) is 0 Å². The second-order valence-electron chi connectivity index (χ2n) is 4.38. The lowest BCUT2D eigenvalue weighted by Gasteiger charge is -2.22. The van der Waals surface area contributed by atoms with Crippen LogP contribution in [0.3, 0.4) is 0 Å². The Hall–Kier alpha value is -0.490. The van der Waals surface area contributed by atoms with Gasteiger partial charge in [0.1, 0.15) is 18.5 Å². The Morgan fingerprint density at radius 2 is 2.13 bits per heavy atom. The number of hydrogen-bond acceptors (Lipinski definition) is 5. The molecule has 0 radical (unpaired) electrons. The van der Waals surface area contributed by atoms with Crippen molar-refractivity contribution in [2.24, 2.45) is 0 Å². The Balaban J connectivity index is 1.95. The minimum atomic E-state index is -0.711. The molecule has 0 bridgehead atoms. The highest BCUT2D eigenvalue weighted by Gasteiger charge is 2.53. The number of fused-ring (bicyclic) bond motifs is 1. The number of rotatable bonds is 3. The second kappa shape index (κ2) is 3.83. The van der Waals surface area contributed by atoms with E-state index in [2.05, 4.69) is 0 Å². The van der Waals surface area contributed by atoms with Gasteiger partial charge in [0.15, 0.2) is 12.1 Å². The highest BCUT2D eigenvalue weighted by molar-refractivity contribution is 5.49. The molecule has 0 amide bonds. The lowest BCUT2D eigenvalue weighted by Crippen LogP contribution is -2.34. The number of aliphatic hydroxyl groups excluding tert-OH is 1. The van der Waals surface area contributed by atoms with Crippen LogP contribution in [0, 0.1) is 0 Å². The molecule has 0 unspecified atom stereocenters. The van der Waals surface area contributed by atoms with Gasteiger partial charge in [-0.1, -0.05) is 0 Å². The SMILES string of the molecule is CC1(C)O[C@H]2O[C@H](CCC=O)[C@H](O)[C@H]2O1. The van der Waals surface area contributed by atoms with Crippen molar-refractivity contribution in [1.29, 1.82) is 0 Å². The zero-order valence-corrected chi connectivity index (χ0v) is 8.88. The molecule has 2 aliphatic rings. The van der Waals surface area contributed by atoms with Crippen molar-refractivity contribution >= 4 is 6.29 Å². The summed E-state index contributed by atoms with van der Waals surface area (Å²) in [4.78, 5) is 10.2. The van der Waals surface area contributed by atoms with E-state index in [1.165, 1.54) is 0 Å². The van der Waals surface area contributed by atoms with Crippen LogP contribution in [-0.4, -0.2) is 41.8 Å². The second-order valence-corrected chi connectivity index (χ2v) is 4.38. The van der Waals surface area contributed by atoms with E-state index in [0.29, 0.717) is 12.8 Å². The molecule has 2 saturated heterocycles. The fraction of sp³-hybridized carbons (Fsp3) is 0.900.